The van der Waals surface area contributed by atoms with Gasteiger partial charge in [0.25, 0.3) is 11.6 Å². The molecule has 28 heavy (non-hydrogen) atoms. The number of rotatable bonds is 4. The first kappa shape index (κ1) is 18.0. The van der Waals surface area contributed by atoms with Crippen molar-refractivity contribution in [1.29, 1.82) is 0 Å². The lowest BCUT2D eigenvalue weighted by molar-refractivity contribution is -0.384. The summed E-state index contributed by atoms with van der Waals surface area (Å²) in [6, 6.07) is 16.2. The molecule has 4 rings (SSSR count). The van der Waals surface area contributed by atoms with Gasteiger partial charge in [-0.2, -0.15) is 0 Å². The van der Waals surface area contributed by atoms with Gasteiger partial charge in [-0.3, -0.25) is 14.9 Å². The van der Waals surface area contributed by atoms with Crippen LogP contribution in [0.3, 0.4) is 0 Å². The molecule has 8 nitrogen and oxygen atoms in total. The Morgan fingerprint density at radius 1 is 1.04 bits per heavy atom. The first-order valence-corrected chi connectivity index (χ1v) is 9.18. The second kappa shape index (κ2) is 7.67. The van der Waals surface area contributed by atoms with Crippen molar-refractivity contribution >= 4 is 23.0 Å². The van der Waals surface area contributed by atoms with Crippen LogP contribution in [0.2, 0.25) is 0 Å². The van der Waals surface area contributed by atoms with Gasteiger partial charge in [-0.05, 0) is 17.7 Å². The zero-order chi connectivity index (χ0) is 19.5. The van der Waals surface area contributed by atoms with E-state index in [0.717, 1.165) is 17.0 Å². The maximum atomic E-state index is 12.8. The number of hydrogen-bond donors (Lipinski definition) is 0. The van der Waals surface area contributed by atoms with E-state index in [4.69, 9.17) is 4.84 Å². The molecule has 0 saturated carbocycles. The number of benzene rings is 2. The van der Waals surface area contributed by atoms with E-state index in [1.54, 1.807) is 17.0 Å². The first-order valence-electron chi connectivity index (χ1n) is 9.18. The molecule has 0 bridgehead atoms. The van der Waals surface area contributed by atoms with Crippen LogP contribution < -0.4 is 4.90 Å². The summed E-state index contributed by atoms with van der Waals surface area (Å²) in [5.41, 5.74) is 2.76. The number of piperazine rings is 1. The van der Waals surface area contributed by atoms with Gasteiger partial charge in [-0.15, -0.1) is 0 Å². The molecule has 0 radical (unpaired) electrons. The number of oxime groups is 1. The molecule has 1 saturated heterocycles. The normalized spacial score (nSPS) is 19.1. The lowest BCUT2D eigenvalue weighted by atomic mass is 10.0. The van der Waals surface area contributed by atoms with Gasteiger partial charge in [-0.25, -0.2) is 0 Å². The van der Waals surface area contributed by atoms with E-state index < -0.39 is 11.0 Å². The van der Waals surface area contributed by atoms with Crippen molar-refractivity contribution in [3.8, 4) is 0 Å². The Kier molecular flexibility index (Phi) is 4.92. The number of anilines is 1. The van der Waals surface area contributed by atoms with Crippen molar-refractivity contribution in [2.24, 2.45) is 5.16 Å². The van der Waals surface area contributed by atoms with Gasteiger partial charge in [0.2, 0.25) is 6.10 Å². The molecule has 0 spiro atoms. The van der Waals surface area contributed by atoms with E-state index in [9.17, 15) is 14.9 Å². The molecular formula is C20H20N4O4. The van der Waals surface area contributed by atoms with E-state index in [2.05, 4.69) is 10.1 Å². The highest BCUT2D eigenvalue weighted by molar-refractivity contribution is 6.04. The summed E-state index contributed by atoms with van der Waals surface area (Å²) in [5, 5.41) is 14.9. The summed E-state index contributed by atoms with van der Waals surface area (Å²) < 4.78 is 0. The second-order valence-electron chi connectivity index (χ2n) is 6.79. The lowest BCUT2D eigenvalue weighted by Crippen LogP contribution is -2.51. The first-order chi connectivity index (χ1) is 13.6. The number of amides is 1. The highest BCUT2D eigenvalue weighted by atomic mass is 16.6. The molecule has 0 aromatic heterocycles. The number of nitro groups is 1. The third-order valence-corrected chi connectivity index (χ3v) is 5.07. The molecule has 1 amide bonds. The van der Waals surface area contributed by atoms with E-state index >= 15 is 0 Å². The van der Waals surface area contributed by atoms with Crippen molar-refractivity contribution in [2.75, 3.05) is 31.1 Å². The van der Waals surface area contributed by atoms with Crippen LogP contribution in [-0.2, 0) is 9.63 Å². The molecule has 2 heterocycles. The van der Waals surface area contributed by atoms with Gasteiger partial charge < -0.3 is 14.6 Å². The van der Waals surface area contributed by atoms with E-state index in [-0.39, 0.29) is 11.6 Å². The third kappa shape index (κ3) is 3.66. The fourth-order valence-electron chi connectivity index (χ4n) is 3.48. The Morgan fingerprint density at radius 3 is 2.36 bits per heavy atom. The van der Waals surface area contributed by atoms with Crippen LogP contribution >= 0.6 is 0 Å². The quantitative estimate of drug-likeness (QED) is 0.600. The van der Waals surface area contributed by atoms with Gasteiger partial charge in [0.15, 0.2) is 0 Å². The van der Waals surface area contributed by atoms with Crippen LogP contribution in [0.5, 0.6) is 0 Å². The Balaban J connectivity index is 1.31. The van der Waals surface area contributed by atoms with E-state index in [1.165, 1.54) is 12.1 Å². The van der Waals surface area contributed by atoms with Crippen molar-refractivity contribution in [3.05, 3.63) is 70.3 Å². The summed E-state index contributed by atoms with van der Waals surface area (Å²) in [6.07, 6.45) is -0.0908. The number of hydrogen-bond acceptors (Lipinski definition) is 6. The van der Waals surface area contributed by atoms with E-state index in [1.807, 2.05) is 30.3 Å². The fourth-order valence-corrected chi connectivity index (χ4v) is 3.48. The monoisotopic (exact) mass is 380 g/mol. The minimum Gasteiger partial charge on any atom is -0.382 e. The maximum absolute atomic E-state index is 12.8. The number of nitro benzene ring substituents is 1. The predicted octanol–water partition coefficient (Wildman–Crippen LogP) is 2.44. The average molecular weight is 380 g/mol. The Hall–Kier alpha value is -3.42. The molecule has 2 aliphatic heterocycles. The lowest BCUT2D eigenvalue weighted by Gasteiger charge is -2.36. The zero-order valence-electron chi connectivity index (χ0n) is 15.2. The zero-order valence-corrected chi connectivity index (χ0v) is 15.2. The van der Waals surface area contributed by atoms with Crippen molar-refractivity contribution in [3.63, 3.8) is 0 Å². The highest BCUT2D eigenvalue weighted by Crippen LogP contribution is 2.22. The number of carbonyl (C=O) groups is 1. The van der Waals surface area contributed by atoms with Crippen LogP contribution in [0.25, 0.3) is 0 Å². The molecule has 2 aromatic rings. The Morgan fingerprint density at radius 2 is 1.71 bits per heavy atom. The van der Waals surface area contributed by atoms with Crippen molar-refractivity contribution < 1.29 is 14.6 Å². The topological polar surface area (TPSA) is 88.3 Å². The van der Waals surface area contributed by atoms with Crippen LogP contribution in [0.1, 0.15) is 12.0 Å². The maximum Gasteiger partial charge on any atom is 0.269 e. The molecular weight excluding hydrogens is 360 g/mol. The summed E-state index contributed by atoms with van der Waals surface area (Å²) in [5.74, 6) is -0.0435. The number of nitrogens with zero attached hydrogens (tertiary/aromatic N) is 4. The smallest absolute Gasteiger partial charge is 0.269 e. The van der Waals surface area contributed by atoms with Gasteiger partial charge in [0.1, 0.15) is 0 Å². The molecule has 2 aromatic carbocycles. The molecule has 1 atom stereocenters. The third-order valence-electron chi connectivity index (χ3n) is 5.07. The van der Waals surface area contributed by atoms with Crippen LogP contribution in [0, 0.1) is 10.1 Å². The molecule has 1 unspecified atom stereocenters. The minimum absolute atomic E-state index is 0.0435. The van der Waals surface area contributed by atoms with Gasteiger partial charge in [0.05, 0.1) is 10.6 Å². The molecule has 0 N–H and O–H groups in total. The SMILES string of the molecule is O=C(C1CC(c2ccccc2)=NO1)N1CCN(c2ccc([N+](=O)[O-])cc2)CC1. The van der Waals surface area contributed by atoms with Crippen molar-refractivity contribution in [2.45, 2.75) is 12.5 Å². The van der Waals surface area contributed by atoms with Crippen LogP contribution in [-0.4, -0.2) is 53.7 Å². The van der Waals surface area contributed by atoms with Gasteiger partial charge in [0, 0.05) is 50.4 Å². The molecule has 1 fully saturated rings. The average Bonchev–Trinajstić information content (AvgIpc) is 3.24. The number of carbonyl (C=O) groups excluding carboxylic acids is 1. The highest BCUT2D eigenvalue weighted by Gasteiger charge is 2.33. The summed E-state index contributed by atoms with van der Waals surface area (Å²) in [6.45, 7) is 2.50. The summed E-state index contributed by atoms with van der Waals surface area (Å²) >= 11 is 0. The van der Waals surface area contributed by atoms with Crippen LogP contribution in [0.15, 0.2) is 59.8 Å². The summed E-state index contributed by atoms with van der Waals surface area (Å²) in [4.78, 5) is 32.5. The standard InChI is InChI=1S/C20H20N4O4/c25-20(19-14-18(21-28-19)15-4-2-1-3-5-15)23-12-10-22(11-13-23)16-6-8-17(9-7-16)24(26)27/h1-9,19H,10-14H2. The van der Waals surface area contributed by atoms with Crippen LogP contribution in [0.4, 0.5) is 11.4 Å². The molecule has 2 aliphatic rings. The molecule has 0 aliphatic carbocycles. The molecule has 8 heteroatoms. The Labute approximate surface area is 162 Å². The van der Waals surface area contributed by atoms with Crippen molar-refractivity contribution in [1.82, 2.24) is 4.90 Å². The molecule has 144 valence electrons. The van der Waals surface area contributed by atoms with Gasteiger partial charge in [-0.1, -0.05) is 35.5 Å². The number of non-ortho nitro benzene ring substituents is 1. The second-order valence-corrected chi connectivity index (χ2v) is 6.79. The largest absolute Gasteiger partial charge is 0.382 e. The summed E-state index contributed by atoms with van der Waals surface area (Å²) in [7, 11) is 0. The van der Waals surface area contributed by atoms with E-state index in [0.29, 0.717) is 32.6 Å². The Bertz CT molecular complexity index is 890. The fraction of sp³-hybridized carbons (Fsp3) is 0.300. The van der Waals surface area contributed by atoms with Gasteiger partial charge >= 0.3 is 0 Å². The predicted molar refractivity (Wildman–Crippen MR) is 104 cm³/mol. The minimum atomic E-state index is -0.568.